The molecule has 34 heavy (non-hydrogen) atoms. The van der Waals surface area contributed by atoms with Crippen molar-refractivity contribution in [1.82, 2.24) is 14.9 Å². The molecule has 2 saturated heterocycles. The van der Waals surface area contributed by atoms with Crippen LogP contribution in [0.5, 0.6) is 5.75 Å². The van der Waals surface area contributed by atoms with Gasteiger partial charge in [-0.2, -0.15) is 0 Å². The topological polar surface area (TPSA) is 61.8 Å². The third-order valence-corrected chi connectivity index (χ3v) is 7.45. The molecular formula is C26H26FN5O2. The molecule has 0 aliphatic carbocycles. The van der Waals surface area contributed by atoms with Gasteiger partial charge in [-0.1, -0.05) is 12.1 Å². The second-order valence-electron chi connectivity index (χ2n) is 9.20. The van der Waals surface area contributed by atoms with Gasteiger partial charge in [-0.15, -0.1) is 0 Å². The van der Waals surface area contributed by atoms with Gasteiger partial charge >= 0.3 is 0 Å². The van der Waals surface area contributed by atoms with E-state index in [-0.39, 0.29) is 18.0 Å². The summed E-state index contributed by atoms with van der Waals surface area (Å²) in [6.07, 6.45) is 3.98. The zero-order valence-electron chi connectivity index (χ0n) is 19.2. The predicted molar refractivity (Wildman–Crippen MR) is 128 cm³/mol. The van der Waals surface area contributed by atoms with Gasteiger partial charge in [0.05, 0.1) is 24.9 Å². The Bertz CT molecular complexity index is 1270. The van der Waals surface area contributed by atoms with Crippen molar-refractivity contribution in [3.63, 3.8) is 0 Å². The highest BCUT2D eigenvalue weighted by Crippen LogP contribution is 2.39. The Hall–Kier alpha value is -3.52. The summed E-state index contributed by atoms with van der Waals surface area (Å²) in [7, 11) is 3.71. The van der Waals surface area contributed by atoms with Gasteiger partial charge in [0, 0.05) is 42.5 Å². The van der Waals surface area contributed by atoms with E-state index in [1.54, 1.807) is 29.3 Å². The fraction of sp³-hybridized carbons (Fsp3) is 0.346. The Labute approximate surface area is 197 Å². The number of hydrogen-bond donors (Lipinski definition) is 0. The van der Waals surface area contributed by atoms with Gasteiger partial charge in [0.15, 0.2) is 0 Å². The van der Waals surface area contributed by atoms with Gasteiger partial charge < -0.3 is 9.64 Å². The van der Waals surface area contributed by atoms with Gasteiger partial charge in [0.1, 0.15) is 23.2 Å². The van der Waals surface area contributed by atoms with Crippen molar-refractivity contribution < 1.29 is 13.9 Å². The molecule has 2 atom stereocenters. The average Bonchev–Trinajstić information content (AvgIpc) is 3.27. The highest BCUT2D eigenvalue weighted by molar-refractivity contribution is 6.10. The smallest absolute Gasteiger partial charge is 0.260 e. The second kappa shape index (κ2) is 8.06. The number of carbonyl (C=O) groups excluding carboxylic acids is 1. The van der Waals surface area contributed by atoms with Crippen LogP contribution in [0.15, 0.2) is 48.7 Å². The van der Waals surface area contributed by atoms with Crippen molar-refractivity contribution in [2.75, 3.05) is 37.0 Å². The van der Waals surface area contributed by atoms with Gasteiger partial charge in [-0.05, 0) is 50.2 Å². The third-order valence-electron chi connectivity index (χ3n) is 7.45. The first-order valence-corrected chi connectivity index (χ1v) is 11.6. The van der Waals surface area contributed by atoms with Crippen molar-refractivity contribution in [3.05, 3.63) is 65.6 Å². The highest BCUT2D eigenvalue weighted by atomic mass is 19.1. The third kappa shape index (κ3) is 3.24. The Morgan fingerprint density at radius 1 is 1.03 bits per heavy atom. The molecule has 1 amide bonds. The lowest BCUT2D eigenvalue weighted by molar-refractivity contribution is 0.0996. The standard InChI is InChI=1S/C26H26FN5O2/c1-30-16-9-10-17(30)14-31(13-16)22-7-4-8-23(29-22)32-15-19-18(26(32)33)11-12-28-25(19)24-20(27)5-3-6-21(24)34-2/h3-8,11-12,16-17H,9-10,13-15H2,1-2H3. The summed E-state index contributed by atoms with van der Waals surface area (Å²) < 4.78 is 20.2. The van der Waals surface area contributed by atoms with Crippen LogP contribution in [-0.4, -0.2) is 60.1 Å². The predicted octanol–water partition coefficient (Wildman–Crippen LogP) is 3.73. The van der Waals surface area contributed by atoms with Crippen molar-refractivity contribution >= 4 is 17.5 Å². The van der Waals surface area contributed by atoms with E-state index in [2.05, 4.69) is 21.8 Å². The van der Waals surface area contributed by atoms with E-state index in [1.165, 1.54) is 26.0 Å². The molecule has 3 aromatic rings. The summed E-state index contributed by atoms with van der Waals surface area (Å²) >= 11 is 0. The number of aromatic nitrogens is 2. The maximum atomic E-state index is 14.8. The first-order chi connectivity index (χ1) is 16.5. The van der Waals surface area contributed by atoms with Crippen molar-refractivity contribution in [2.45, 2.75) is 31.5 Å². The van der Waals surface area contributed by atoms with E-state index in [0.29, 0.717) is 40.5 Å². The number of nitrogens with zero attached hydrogens (tertiary/aromatic N) is 5. The second-order valence-corrected chi connectivity index (χ2v) is 9.20. The molecule has 7 nitrogen and oxygen atoms in total. The summed E-state index contributed by atoms with van der Waals surface area (Å²) in [5.41, 5.74) is 1.89. The van der Waals surface area contributed by atoms with Gasteiger partial charge in [-0.25, -0.2) is 9.37 Å². The highest BCUT2D eigenvalue weighted by Gasteiger charge is 2.38. The summed E-state index contributed by atoms with van der Waals surface area (Å²) in [5.74, 6) is 1.28. The number of halogens is 1. The van der Waals surface area contributed by atoms with Crippen molar-refractivity contribution in [2.24, 2.45) is 0 Å². The van der Waals surface area contributed by atoms with Crippen LogP contribution in [-0.2, 0) is 6.54 Å². The van der Waals surface area contributed by atoms with Crippen LogP contribution in [0.1, 0.15) is 28.8 Å². The van der Waals surface area contributed by atoms with Gasteiger partial charge in [0.25, 0.3) is 5.91 Å². The van der Waals surface area contributed by atoms with Crippen molar-refractivity contribution in [3.8, 4) is 17.0 Å². The van der Waals surface area contributed by atoms with Crippen LogP contribution in [0.3, 0.4) is 0 Å². The molecule has 2 bridgehead atoms. The molecule has 2 unspecified atom stereocenters. The Kier molecular flexibility index (Phi) is 4.99. The van der Waals surface area contributed by atoms with Crippen LogP contribution in [0.2, 0.25) is 0 Å². The molecule has 0 spiro atoms. The number of amides is 1. The maximum Gasteiger partial charge on any atom is 0.260 e. The maximum absolute atomic E-state index is 14.8. The molecule has 2 aromatic heterocycles. The number of rotatable bonds is 4. The fourth-order valence-corrected chi connectivity index (χ4v) is 5.57. The number of carbonyl (C=O) groups is 1. The number of anilines is 2. The Morgan fingerprint density at radius 2 is 1.76 bits per heavy atom. The molecule has 2 fully saturated rings. The number of pyridine rings is 2. The molecule has 3 aliphatic heterocycles. The molecule has 174 valence electrons. The minimum absolute atomic E-state index is 0.156. The quantitative estimate of drug-likeness (QED) is 0.593. The molecule has 8 heteroatoms. The average molecular weight is 460 g/mol. The first kappa shape index (κ1) is 21.0. The van der Waals surface area contributed by atoms with E-state index in [4.69, 9.17) is 9.72 Å². The summed E-state index contributed by atoms with van der Waals surface area (Å²) in [5, 5.41) is 0. The minimum Gasteiger partial charge on any atom is -0.496 e. The number of methoxy groups -OCH3 is 1. The van der Waals surface area contributed by atoms with Crippen molar-refractivity contribution in [1.29, 1.82) is 0 Å². The van der Waals surface area contributed by atoms with Crippen LogP contribution in [0, 0.1) is 5.82 Å². The van der Waals surface area contributed by atoms with E-state index in [0.717, 1.165) is 18.9 Å². The van der Waals surface area contributed by atoms with E-state index in [9.17, 15) is 9.18 Å². The lowest BCUT2D eigenvalue weighted by Crippen LogP contribution is -2.52. The Balaban J connectivity index is 1.34. The summed E-state index contributed by atoms with van der Waals surface area (Å²) in [6.45, 7) is 2.16. The molecule has 5 heterocycles. The molecule has 0 N–H and O–H groups in total. The molecule has 6 rings (SSSR count). The molecule has 0 saturated carbocycles. The van der Waals surface area contributed by atoms with Crippen LogP contribution >= 0.6 is 0 Å². The van der Waals surface area contributed by atoms with Gasteiger partial charge in [-0.3, -0.25) is 19.6 Å². The number of ether oxygens (including phenoxy) is 1. The normalized spacial score (nSPS) is 21.8. The molecule has 0 radical (unpaired) electrons. The lowest BCUT2D eigenvalue weighted by Gasteiger charge is -2.39. The van der Waals surface area contributed by atoms with Crippen LogP contribution in [0.4, 0.5) is 16.0 Å². The monoisotopic (exact) mass is 459 g/mol. The fourth-order valence-electron chi connectivity index (χ4n) is 5.57. The van der Waals surface area contributed by atoms with E-state index >= 15 is 0 Å². The number of likely N-dealkylation sites (N-methyl/N-ethyl adjacent to an activating group) is 1. The first-order valence-electron chi connectivity index (χ1n) is 11.6. The number of hydrogen-bond acceptors (Lipinski definition) is 6. The largest absolute Gasteiger partial charge is 0.496 e. The zero-order chi connectivity index (χ0) is 23.4. The van der Waals surface area contributed by atoms with E-state index < -0.39 is 5.82 Å². The molecule has 1 aromatic carbocycles. The number of benzene rings is 1. The minimum atomic E-state index is -0.434. The van der Waals surface area contributed by atoms with Gasteiger partial charge in [0.2, 0.25) is 0 Å². The molecule has 3 aliphatic rings. The number of piperazine rings is 1. The van der Waals surface area contributed by atoms with Crippen LogP contribution < -0.4 is 14.5 Å². The zero-order valence-corrected chi connectivity index (χ0v) is 19.2. The van der Waals surface area contributed by atoms with E-state index in [1.807, 2.05) is 18.2 Å². The lowest BCUT2D eigenvalue weighted by atomic mass is 10.0. The summed E-state index contributed by atoms with van der Waals surface area (Å²) in [4.78, 5) is 29.2. The number of fused-ring (bicyclic) bond motifs is 3. The Morgan fingerprint density at radius 3 is 2.53 bits per heavy atom. The molecular weight excluding hydrogens is 433 g/mol. The summed E-state index contributed by atoms with van der Waals surface area (Å²) in [6, 6.07) is 13.3. The SMILES string of the molecule is COc1cccc(F)c1-c1nccc2c1CN(c1cccc(N3CC4CCC(C3)N4C)n1)C2=O. The van der Waals surface area contributed by atoms with Crippen LogP contribution in [0.25, 0.3) is 11.3 Å².